The van der Waals surface area contributed by atoms with Crippen molar-refractivity contribution >= 4 is 23.1 Å². The van der Waals surface area contributed by atoms with Gasteiger partial charge in [0.1, 0.15) is 0 Å². The molecule has 3 heterocycles. The zero-order valence-electron chi connectivity index (χ0n) is 11.4. The number of rotatable bonds is 2. The molecular weight excluding hydrogens is 276 g/mol. The largest absolute Gasteiger partial charge is 0.340 e. The fourth-order valence-corrected chi connectivity index (χ4v) is 3.10. The van der Waals surface area contributed by atoms with Crippen molar-refractivity contribution in [1.29, 1.82) is 0 Å². The zero-order chi connectivity index (χ0) is 14.1. The lowest BCUT2D eigenvalue weighted by molar-refractivity contribution is 0.222. The second-order valence-corrected chi connectivity index (χ2v) is 5.75. The molecule has 0 spiro atoms. The number of carbonyl (C=O) groups is 1. The number of thiophene rings is 1. The van der Waals surface area contributed by atoms with Gasteiger partial charge in [-0.3, -0.25) is 0 Å². The zero-order valence-corrected chi connectivity index (χ0v) is 12.2. The third-order valence-electron chi connectivity index (χ3n) is 3.48. The van der Waals surface area contributed by atoms with Gasteiger partial charge in [-0.1, -0.05) is 5.16 Å². The lowest BCUT2D eigenvalue weighted by atomic mass is 10.1. The van der Waals surface area contributed by atoms with Crippen LogP contribution in [0, 0.1) is 13.8 Å². The summed E-state index contributed by atoms with van der Waals surface area (Å²) in [6.07, 6.45) is 0.870. The molecule has 20 heavy (non-hydrogen) atoms. The fourth-order valence-electron chi connectivity index (χ4n) is 2.32. The van der Waals surface area contributed by atoms with Gasteiger partial charge < -0.3 is 14.7 Å². The number of urea groups is 1. The molecule has 7 heteroatoms. The van der Waals surface area contributed by atoms with Crippen LogP contribution >= 0.6 is 11.3 Å². The molecule has 1 atom stereocenters. The smallest absolute Gasteiger partial charge is 0.321 e. The molecule has 3 rings (SSSR count). The highest BCUT2D eigenvalue weighted by Gasteiger charge is 2.30. The molecule has 1 N–H and O–H groups in total. The van der Waals surface area contributed by atoms with Gasteiger partial charge in [-0.25, -0.2) is 4.79 Å². The van der Waals surface area contributed by atoms with Crippen molar-refractivity contribution < 1.29 is 9.32 Å². The number of likely N-dealkylation sites (tertiary alicyclic amines) is 1. The highest BCUT2D eigenvalue weighted by Crippen LogP contribution is 2.26. The van der Waals surface area contributed by atoms with Crippen LogP contribution in [0.3, 0.4) is 0 Å². The van der Waals surface area contributed by atoms with Gasteiger partial charge in [0, 0.05) is 31.3 Å². The maximum atomic E-state index is 12.2. The molecular formula is C13H16N4O2S. The molecule has 0 bridgehead atoms. The second-order valence-electron chi connectivity index (χ2n) is 5.00. The van der Waals surface area contributed by atoms with Crippen molar-refractivity contribution in [3.8, 4) is 0 Å². The Kier molecular flexibility index (Phi) is 3.43. The summed E-state index contributed by atoms with van der Waals surface area (Å²) in [5, 5.41) is 10.8. The molecule has 1 unspecified atom stereocenters. The van der Waals surface area contributed by atoms with E-state index in [1.54, 1.807) is 23.2 Å². The summed E-state index contributed by atoms with van der Waals surface area (Å²) in [4.78, 5) is 18.2. The molecule has 0 aliphatic carbocycles. The molecule has 0 radical (unpaired) electrons. The van der Waals surface area contributed by atoms with Crippen LogP contribution in [0.4, 0.5) is 10.5 Å². The molecule has 1 fully saturated rings. The summed E-state index contributed by atoms with van der Waals surface area (Å²) in [6, 6.07) is -0.0609. The summed E-state index contributed by atoms with van der Waals surface area (Å²) in [6.45, 7) is 5.11. The van der Waals surface area contributed by atoms with Crippen LogP contribution in [0.25, 0.3) is 0 Å². The minimum Gasteiger partial charge on any atom is -0.340 e. The van der Waals surface area contributed by atoms with Crippen LogP contribution in [0.2, 0.25) is 0 Å². The topological polar surface area (TPSA) is 71.3 Å². The maximum absolute atomic E-state index is 12.2. The lowest BCUT2D eigenvalue weighted by Gasteiger charge is -2.16. The Morgan fingerprint density at radius 1 is 1.50 bits per heavy atom. The van der Waals surface area contributed by atoms with E-state index in [4.69, 9.17) is 4.52 Å². The molecule has 2 amide bonds. The van der Waals surface area contributed by atoms with E-state index >= 15 is 0 Å². The Hall–Kier alpha value is -1.89. The predicted octanol–water partition coefficient (Wildman–Crippen LogP) is 2.77. The minimum absolute atomic E-state index is 0.0609. The van der Waals surface area contributed by atoms with E-state index < -0.39 is 0 Å². The first-order chi connectivity index (χ1) is 9.63. The van der Waals surface area contributed by atoms with Crippen molar-refractivity contribution in [3.63, 3.8) is 0 Å². The first kappa shape index (κ1) is 13.1. The van der Waals surface area contributed by atoms with E-state index in [1.807, 2.05) is 17.7 Å². The average Bonchev–Trinajstić information content (AvgIpc) is 3.11. The summed E-state index contributed by atoms with van der Waals surface area (Å²) < 4.78 is 4.99. The van der Waals surface area contributed by atoms with Gasteiger partial charge >= 0.3 is 6.03 Å². The van der Waals surface area contributed by atoms with Gasteiger partial charge in [-0.05, 0) is 24.3 Å². The molecule has 1 aliphatic heterocycles. The van der Waals surface area contributed by atoms with Crippen molar-refractivity contribution in [1.82, 2.24) is 15.0 Å². The van der Waals surface area contributed by atoms with Crippen molar-refractivity contribution in [3.05, 3.63) is 28.0 Å². The van der Waals surface area contributed by atoms with Crippen LogP contribution < -0.4 is 5.32 Å². The van der Waals surface area contributed by atoms with Crippen LogP contribution in [-0.4, -0.2) is 34.2 Å². The predicted molar refractivity (Wildman–Crippen MR) is 76.0 cm³/mol. The van der Waals surface area contributed by atoms with E-state index in [0.717, 1.165) is 17.7 Å². The molecule has 0 aromatic carbocycles. The third kappa shape index (κ3) is 2.53. The monoisotopic (exact) mass is 292 g/mol. The number of carbonyl (C=O) groups excluding carboxylic acids is 1. The average molecular weight is 292 g/mol. The summed E-state index contributed by atoms with van der Waals surface area (Å²) in [7, 11) is 0. The van der Waals surface area contributed by atoms with Gasteiger partial charge in [-0.2, -0.15) is 4.98 Å². The van der Waals surface area contributed by atoms with Gasteiger partial charge in [0.25, 0.3) is 0 Å². The third-order valence-corrected chi connectivity index (χ3v) is 4.34. The quantitative estimate of drug-likeness (QED) is 0.924. The number of hydrogen-bond donors (Lipinski definition) is 1. The molecule has 6 nitrogen and oxygen atoms in total. The van der Waals surface area contributed by atoms with Crippen molar-refractivity contribution in [2.45, 2.75) is 26.2 Å². The van der Waals surface area contributed by atoms with Gasteiger partial charge in [0.05, 0.1) is 5.69 Å². The van der Waals surface area contributed by atoms with Gasteiger partial charge in [0.2, 0.25) is 5.89 Å². The highest BCUT2D eigenvalue weighted by molar-refractivity contribution is 7.08. The number of aromatic nitrogens is 2. The van der Waals surface area contributed by atoms with E-state index in [9.17, 15) is 4.79 Å². The first-order valence-corrected chi connectivity index (χ1v) is 7.46. The summed E-state index contributed by atoms with van der Waals surface area (Å²) in [5.41, 5.74) is 1.98. The molecule has 106 valence electrons. The number of anilines is 1. The number of amides is 2. The summed E-state index contributed by atoms with van der Waals surface area (Å²) >= 11 is 1.59. The summed E-state index contributed by atoms with van der Waals surface area (Å²) in [5.74, 6) is 1.43. The van der Waals surface area contributed by atoms with Crippen LogP contribution in [0.1, 0.15) is 29.6 Å². The van der Waals surface area contributed by atoms with Gasteiger partial charge in [-0.15, -0.1) is 11.3 Å². The maximum Gasteiger partial charge on any atom is 0.321 e. The Bertz CT molecular complexity index is 621. The number of hydrogen-bond acceptors (Lipinski definition) is 5. The fraction of sp³-hybridized carbons (Fsp3) is 0.462. The second kappa shape index (κ2) is 5.24. The number of nitrogens with zero attached hydrogens (tertiary/aromatic N) is 3. The molecule has 2 aromatic rings. The Labute approximate surface area is 120 Å². The molecule has 1 aliphatic rings. The number of aryl methyl sites for hydroxylation is 2. The van der Waals surface area contributed by atoms with E-state index in [2.05, 4.69) is 15.5 Å². The van der Waals surface area contributed by atoms with Crippen LogP contribution in [0.15, 0.2) is 15.3 Å². The normalized spacial score (nSPS) is 18.5. The van der Waals surface area contributed by atoms with E-state index in [1.165, 1.54) is 0 Å². The Balaban J connectivity index is 1.62. The minimum atomic E-state index is -0.0609. The Morgan fingerprint density at radius 3 is 3.00 bits per heavy atom. The van der Waals surface area contributed by atoms with Crippen molar-refractivity contribution in [2.24, 2.45) is 0 Å². The van der Waals surface area contributed by atoms with Crippen LogP contribution in [0.5, 0.6) is 0 Å². The number of nitrogens with one attached hydrogen (secondary N) is 1. The van der Waals surface area contributed by atoms with E-state index in [0.29, 0.717) is 24.8 Å². The molecule has 2 aromatic heterocycles. The van der Waals surface area contributed by atoms with Crippen LogP contribution in [-0.2, 0) is 0 Å². The van der Waals surface area contributed by atoms with Crippen molar-refractivity contribution in [2.75, 3.05) is 18.4 Å². The highest BCUT2D eigenvalue weighted by atomic mass is 32.1. The van der Waals surface area contributed by atoms with E-state index in [-0.39, 0.29) is 11.9 Å². The molecule has 1 saturated heterocycles. The molecule has 0 saturated carbocycles. The lowest BCUT2D eigenvalue weighted by Crippen LogP contribution is -2.32. The van der Waals surface area contributed by atoms with Gasteiger partial charge in [0.15, 0.2) is 5.82 Å². The first-order valence-electron chi connectivity index (χ1n) is 6.52. The SMILES string of the molecule is Cc1nc(C2CCN(C(=O)Nc3cscc3C)C2)no1. The Morgan fingerprint density at radius 2 is 2.35 bits per heavy atom. The standard InChI is InChI=1S/C13H16N4O2S/c1-8-6-20-7-11(8)15-13(18)17-4-3-10(5-17)12-14-9(2)19-16-12/h6-7,10H,3-5H2,1-2H3,(H,15,18).